The van der Waals surface area contributed by atoms with Crippen molar-refractivity contribution < 1.29 is 19.2 Å². The minimum absolute atomic E-state index is 0. The number of aromatic nitrogens is 4. The van der Waals surface area contributed by atoms with Crippen molar-refractivity contribution in [2.75, 3.05) is 88.4 Å². The highest BCUT2D eigenvalue weighted by Crippen LogP contribution is 2.29. The van der Waals surface area contributed by atoms with Crippen molar-refractivity contribution in [3.63, 3.8) is 0 Å². The number of Topliss-reactive ketones (excluding diaryl/α,β-unsaturated/α-hetero) is 1. The fourth-order valence-electron chi connectivity index (χ4n) is 15.7. The molecule has 16 nitrogen and oxygen atoms in total. The highest BCUT2D eigenvalue weighted by atomic mass is 79.9. The Hall–Kier alpha value is -9.62. The van der Waals surface area contributed by atoms with Crippen LogP contribution in [0, 0.1) is 29.6 Å². The zero-order valence-electron chi connectivity index (χ0n) is 68.8. The molecule has 5 aromatic carbocycles. The van der Waals surface area contributed by atoms with Gasteiger partial charge < -0.3 is 31.0 Å². The molecule has 5 unspecified atom stereocenters. The molecule has 7 aliphatic rings. The number of hydrogen-bond donors (Lipinski definition) is 3. The second kappa shape index (κ2) is 58.4. The van der Waals surface area contributed by atoms with E-state index in [1.54, 1.807) is 25.3 Å². The normalized spacial score (nSPS) is 17.8. The molecule has 4 N–H and O–H groups in total. The number of fused-ring (bicyclic) bond motifs is 2. The molecule has 4 aromatic heterocycles. The van der Waals surface area contributed by atoms with Crippen molar-refractivity contribution in [3.8, 4) is 0 Å². The number of pyridine rings is 4. The van der Waals surface area contributed by atoms with E-state index in [1.807, 2.05) is 78.4 Å². The van der Waals surface area contributed by atoms with Crippen LogP contribution >= 0.6 is 15.9 Å². The standard InChI is InChI=1S/C20H21N3.C15H19NO.C15H21N.C14H19NO.C13H19N3.C11H13NO.C6H6N2O.C4H7Br.6CH4/c1-2-5-16(6-3-1)14-23-12-10-17(15-23)13-19-9-8-18-7-4-11-21-20(18)22-19;1-12(2)10-14-8-9-16(15(14)17)11-13-6-4-3-5-7-13;1-13(2)10-15-8-9-16(12-15)11-14-6-4-3-5-7-14;1-12(16)9-14-7-8-15(11-14)10-13-5-3-2-4-6-13;1-2-11-3-4-12(16-13(11)15-6-1)8-10-5-7-14-9-10;13-11-7-4-8-12(11)9-10-5-2-1-3-6-10;7-6-5(4-9)2-1-3-8-6;1-4(2)3-5;;;;;;/h1-9,11,17H,10,12-15H2;3-7,14H,1,8-11H2,2H3;3-7,15H,1,8-12H2,2H3;2-6,14H,7-11H2,1H3;3-4,10,14H,1-2,5-9H2,(H,15,16);1-3,5-6H,4,7-9H2;1-4H,(H2,7,8);1,3H2,2H3;6*1H4. The summed E-state index contributed by atoms with van der Waals surface area (Å²) in [7, 11) is 0. The van der Waals surface area contributed by atoms with Crippen LogP contribution in [0.1, 0.15) is 198 Å². The Morgan fingerprint density at radius 2 is 0.950 bits per heavy atom. The predicted molar refractivity (Wildman–Crippen MR) is 517 cm³/mol. The van der Waals surface area contributed by atoms with Gasteiger partial charge in [-0.1, -0.05) is 242 Å². The van der Waals surface area contributed by atoms with Gasteiger partial charge in [-0.2, -0.15) is 0 Å². The molecule has 5 atom stereocenters. The average molecular weight is 1710 g/mol. The number of hydrogen-bond acceptors (Lipinski definition) is 14. The van der Waals surface area contributed by atoms with Crippen molar-refractivity contribution in [2.24, 2.45) is 29.6 Å². The predicted octanol–water partition coefficient (Wildman–Crippen LogP) is 22.3. The largest absolute Gasteiger partial charge is 0.383 e. The van der Waals surface area contributed by atoms with E-state index in [-0.39, 0.29) is 62.2 Å². The first-order valence-electron chi connectivity index (χ1n) is 41.6. The van der Waals surface area contributed by atoms with Gasteiger partial charge >= 0.3 is 0 Å². The number of anilines is 2. The van der Waals surface area contributed by atoms with E-state index in [1.165, 1.54) is 127 Å². The van der Waals surface area contributed by atoms with E-state index in [0.29, 0.717) is 35.4 Å². The number of carbonyl (C=O) groups excluding carboxylic acids is 4. The summed E-state index contributed by atoms with van der Waals surface area (Å²) in [6.07, 6.45) is 19.2. The number of nitrogens with two attached hydrogens (primary N) is 1. The van der Waals surface area contributed by atoms with Crippen LogP contribution in [0.4, 0.5) is 11.6 Å². The molecular weight excluding hydrogens is 1560 g/mol. The SMILES string of the molecule is C.C.C.C.C.C.C=C(C)CBr.C=C(C)CC1CCN(Cc2ccccc2)C1.C=C(C)CC1CCN(Cc2ccccc2)C1=O.CC(=O)CC1CCN(Cc2ccccc2)C1.Nc1ncccc1C=O.O=C1CCCN1Cc1ccccc1.c1cc2c(nc1CC1CCNC1)NCCC2.c1ccc(CN2CCC(Cc3ccc4cccnc4n3)C2)cc1. The van der Waals surface area contributed by atoms with Crippen LogP contribution in [0.15, 0.2) is 249 Å². The Balaban J connectivity index is 0.000000362. The van der Waals surface area contributed by atoms with E-state index in [0.717, 1.165) is 163 Å². The van der Waals surface area contributed by atoms with Crippen molar-refractivity contribution in [1.29, 1.82) is 0 Å². The monoisotopic (exact) mass is 1710 g/mol. The van der Waals surface area contributed by atoms with E-state index < -0.39 is 0 Å². The lowest BCUT2D eigenvalue weighted by Gasteiger charge is -2.18. The van der Waals surface area contributed by atoms with Crippen LogP contribution in [0.2, 0.25) is 0 Å². The van der Waals surface area contributed by atoms with Gasteiger partial charge in [-0.05, 0) is 237 Å². The van der Waals surface area contributed by atoms with E-state index >= 15 is 0 Å². The minimum atomic E-state index is 0. The maximum absolute atomic E-state index is 12.1. The summed E-state index contributed by atoms with van der Waals surface area (Å²) in [6, 6.07) is 68.4. The number of aryl methyl sites for hydroxylation is 1. The zero-order chi connectivity index (χ0) is 81.4. The lowest BCUT2D eigenvalue weighted by Crippen LogP contribution is -2.26. The molecule has 0 saturated carbocycles. The summed E-state index contributed by atoms with van der Waals surface area (Å²) in [5.74, 6) is 5.40. The van der Waals surface area contributed by atoms with Crippen molar-refractivity contribution in [2.45, 2.75) is 195 Å². The number of ketones is 1. The third-order valence-electron chi connectivity index (χ3n) is 21.5. The van der Waals surface area contributed by atoms with Gasteiger partial charge in [-0.3, -0.25) is 29.1 Å². The Kier molecular flexibility index (Phi) is 50.9. The maximum atomic E-state index is 12.1. The van der Waals surface area contributed by atoms with Gasteiger partial charge in [0.2, 0.25) is 11.8 Å². The maximum Gasteiger partial charge on any atom is 0.226 e. The molecule has 0 radical (unpaired) electrons. The summed E-state index contributed by atoms with van der Waals surface area (Å²) >= 11 is 3.21. The van der Waals surface area contributed by atoms with Crippen molar-refractivity contribution >= 4 is 62.5 Å². The topological polar surface area (TPSA) is 186 Å². The number of rotatable bonds is 22. The van der Waals surface area contributed by atoms with Gasteiger partial charge in [0.15, 0.2) is 11.9 Å². The lowest BCUT2D eigenvalue weighted by atomic mass is 10.00. The van der Waals surface area contributed by atoms with Gasteiger partial charge in [0.05, 0.1) is 5.56 Å². The molecule has 0 spiro atoms. The number of benzene rings is 5. The Morgan fingerprint density at radius 1 is 0.479 bits per heavy atom. The first kappa shape index (κ1) is 106. The lowest BCUT2D eigenvalue weighted by molar-refractivity contribution is -0.131. The molecule has 0 bridgehead atoms. The van der Waals surface area contributed by atoms with Crippen LogP contribution in [0.25, 0.3) is 11.0 Å². The van der Waals surface area contributed by atoms with Gasteiger partial charge in [0.25, 0.3) is 0 Å². The third-order valence-corrected chi connectivity index (χ3v) is 22.5. The smallest absolute Gasteiger partial charge is 0.226 e. The number of nitrogens with one attached hydrogen (secondary N) is 2. The fraction of sp³-hybridized carbons (Fsp3) is 0.442. The number of carbonyl (C=O) groups is 4. The van der Waals surface area contributed by atoms with Crippen LogP contribution in [0.3, 0.4) is 0 Å². The number of alkyl halides is 1. The van der Waals surface area contributed by atoms with E-state index in [9.17, 15) is 19.2 Å². The van der Waals surface area contributed by atoms with Gasteiger partial charge in [0.1, 0.15) is 17.4 Å². The molecule has 17 heteroatoms. The summed E-state index contributed by atoms with van der Waals surface area (Å²) in [5.41, 5.74) is 20.6. The molecule has 9 aromatic rings. The number of amides is 2. The van der Waals surface area contributed by atoms with Crippen molar-refractivity contribution in [1.82, 2.24) is 49.8 Å². The Morgan fingerprint density at radius 3 is 1.42 bits per heavy atom. The minimum Gasteiger partial charge on any atom is -0.383 e. The number of aldehydes is 1. The van der Waals surface area contributed by atoms with Crippen LogP contribution in [-0.2, 0) is 66.4 Å². The molecule has 0 aliphatic carbocycles. The summed E-state index contributed by atoms with van der Waals surface area (Å²) in [6.45, 7) is 36.3. The summed E-state index contributed by atoms with van der Waals surface area (Å²) in [5, 5.41) is 8.86. The van der Waals surface area contributed by atoms with Crippen molar-refractivity contribution in [3.05, 3.63) is 299 Å². The number of allylic oxidation sites excluding steroid dienone is 3. The molecule has 7 aliphatic heterocycles. The highest BCUT2D eigenvalue weighted by molar-refractivity contribution is 9.09. The number of halogens is 1. The average Bonchev–Trinajstić information content (AvgIpc) is 1.81. The van der Waals surface area contributed by atoms with E-state index in [2.05, 4.69) is 217 Å². The van der Waals surface area contributed by atoms with Crippen LogP contribution in [-0.4, -0.2) is 146 Å². The third kappa shape index (κ3) is 39.0. The molecule has 121 heavy (non-hydrogen) atoms. The van der Waals surface area contributed by atoms with Crippen LogP contribution < -0.4 is 16.4 Å². The second-order valence-electron chi connectivity index (χ2n) is 32.1. The molecular formula is C104H149BrN12O4. The number of nitrogens with zero attached hydrogens (tertiary/aromatic N) is 9. The number of nitrogen functional groups attached to an aromatic ring is 1. The molecule has 6 fully saturated rings. The molecule has 2 amide bonds. The first-order valence-corrected chi connectivity index (χ1v) is 42.7. The zero-order valence-corrected chi connectivity index (χ0v) is 70.4. The quantitative estimate of drug-likeness (QED) is 0.0330. The Bertz CT molecular complexity index is 4350. The van der Waals surface area contributed by atoms with Gasteiger partial charge in [0, 0.05) is 125 Å². The molecule has 656 valence electrons. The molecule has 16 rings (SSSR count). The fourth-order valence-corrected chi connectivity index (χ4v) is 15.7. The van der Waals surface area contributed by atoms with Gasteiger partial charge in [-0.25, -0.2) is 19.9 Å². The second-order valence-corrected chi connectivity index (χ2v) is 32.7. The van der Waals surface area contributed by atoms with E-state index in [4.69, 9.17) is 15.7 Å². The Labute approximate surface area is 739 Å². The summed E-state index contributed by atoms with van der Waals surface area (Å²) < 4.78 is 0. The highest BCUT2D eigenvalue weighted by Gasteiger charge is 2.32. The first-order chi connectivity index (χ1) is 55.9. The molecule has 11 heterocycles. The number of likely N-dealkylation sites (tertiary alicyclic amines) is 5. The summed E-state index contributed by atoms with van der Waals surface area (Å²) in [4.78, 5) is 73.6. The van der Waals surface area contributed by atoms with Crippen LogP contribution in [0.5, 0.6) is 0 Å². The molecule has 6 saturated heterocycles. The van der Waals surface area contributed by atoms with Gasteiger partial charge in [-0.15, -0.1) is 13.2 Å².